The molecule has 3 N–H and O–H groups in total. The summed E-state index contributed by atoms with van der Waals surface area (Å²) in [5.74, 6) is 0.824. The number of benzene rings is 1. The SMILES string of the molecule is Cc1cccc(Nc2ccc(N)c(C)n2)c1C. The van der Waals surface area contributed by atoms with E-state index < -0.39 is 0 Å². The summed E-state index contributed by atoms with van der Waals surface area (Å²) in [6.07, 6.45) is 0. The van der Waals surface area contributed by atoms with Crippen LogP contribution in [0.1, 0.15) is 16.8 Å². The average Bonchev–Trinajstić information content (AvgIpc) is 2.30. The fourth-order valence-electron chi connectivity index (χ4n) is 1.67. The maximum Gasteiger partial charge on any atom is 0.130 e. The van der Waals surface area contributed by atoms with Gasteiger partial charge in [-0.3, -0.25) is 0 Å². The number of pyridine rings is 1. The van der Waals surface area contributed by atoms with Crippen LogP contribution in [0.15, 0.2) is 30.3 Å². The molecule has 1 aromatic heterocycles. The average molecular weight is 227 g/mol. The first-order valence-corrected chi connectivity index (χ1v) is 5.64. The van der Waals surface area contributed by atoms with Crippen LogP contribution in [0.25, 0.3) is 0 Å². The molecule has 0 spiro atoms. The fourth-order valence-corrected chi connectivity index (χ4v) is 1.67. The van der Waals surface area contributed by atoms with E-state index in [4.69, 9.17) is 5.73 Å². The lowest BCUT2D eigenvalue weighted by Gasteiger charge is -2.11. The molecule has 0 amide bonds. The second-order valence-corrected chi connectivity index (χ2v) is 4.24. The van der Waals surface area contributed by atoms with Gasteiger partial charge in [-0.15, -0.1) is 0 Å². The molecule has 1 aromatic carbocycles. The summed E-state index contributed by atoms with van der Waals surface area (Å²) in [5, 5.41) is 3.31. The van der Waals surface area contributed by atoms with E-state index in [1.165, 1.54) is 11.1 Å². The highest BCUT2D eigenvalue weighted by molar-refractivity contribution is 5.63. The number of nitrogens with two attached hydrogens (primary N) is 1. The third kappa shape index (κ3) is 2.38. The Morgan fingerprint density at radius 3 is 2.53 bits per heavy atom. The molecule has 3 heteroatoms. The molecule has 0 saturated heterocycles. The largest absolute Gasteiger partial charge is 0.397 e. The van der Waals surface area contributed by atoms with Crippen LogP contribution in [-0.4, -0.2) is 4.98 Å². The summed E-state index contributed by atoms with van der Waals surface area (Å²) in [6, 6.07) is 9.95. The summed E-state index contributed by atoms with van der Waals surface area (Å²) < 4.78 is 0. The van der Waals surface area contributed by atoms with E-state index in [0.29, 0.717) is 0 Å². The van der Waals surface area contributed by atoms with Crippen molar-refractivity contribution in [2.45, 2.75) is 20.8 Å². The molecule has 3 nitrogen and oxygen atoms in total. The number of anilines is 3. The maximum absolute atomic E-state index is 5.75. The molecule has 0 aliphatic rings. The summed E-state index contributed by atoms with van der Waals surface area (Å²) >= 11 is 0. The number of nitrogens with zero attached hydrogens (tertiary/aromatic N) is 1. The fraction of sp³-hybridized carbons (Fsp3) is 0.214. The Bertz CT molecular complexity index is 547. The van der Waals surface area contributed by atoms with E-state index in [-0.39, 0.29) is 0 Å². The van der Waals surface area contributed by atoms with E-state index in [1.807, 2.05) is 25.1 Å². The van der Waals surface area contributed by atoms with Gasteiger partial charge >= 0.3 is 0 Å². The number of aryl methyl sites for hydroxylation is 2. The Labute approximate surface area is 102 Å². The molecule has 17 heavy (non-hydrogen) atoms. The van der Waals surface area contributed by atoms with Crippen LogP contribution in [0, 0.1) is 20.8 Å². The van der Waals surface area contributed by atoms with E-state index >= 15 is 0 Å². The predicted octanol–water partition coefficient (Wildman–Crippen LogP) is 3.33. The summed E-state index contributed by atoms with van der Waals surface area (Å²) in [4.78, 5) is 4.40. The van der Waals surface area contributed by atoms with Gasteiger partial charge in [0.1, 0.15) is 5.82 Å². The molecule has 2 rings (SSSR count). The van der Waals surface area contributed by atoms with Crippen molar-refractivity contribution in [1.29, 1.82) is 0 Å². The third-order valence-electron chi connectivity index (χ3n) is 2.99. The Hall–Kier alpha value is -2.03. The molecular formula is C14H17N3. The smallest absolute Gasteiger partial charge is 0.130 e. The van der Waals surface area contributed by atoms with Crippen molar-refractivity contribution < 1.29 is 0 Å². The van der Waals surface area contributed by atoms with Crippen LogP contribution >= 0.6 is 0 Å². The van der Waals surface area contributed by atoms with Crippen LogP contribution in [0.4, 0.5) is 17.2 Å². The van der Waals surface area contributed by atoms with Crippen LogP contribution in [-0.2, 0) is 0 Å². The highest BCUT2D eigenvalue weighted by atomic mass is 15.0. The van der Waals surface area contributed by atoms with Gasteiger partial charge in [0.25, 0.3) is 0 Å². The number of rotatable bonds is 2. The van der Waals surface area contributed by atoms with E-state index in [0.717, 1.165) is 22.9 Å². The minimum Gasteiger partial charge on any atom is -0.397 e. The van der Waals surface area contributed by atoms with Gasteiger partial charge in [-0.2, -0.15) is 0 Å². The van der Waals surface area contributed by atoms with Gasteiger partial charge in [-0.1, -0.05) is 12.1 Å². The van der Waals surface area contributed by atoms with Crippen molar-refractivity contribution in [3.63, 3.8) is 0 Å². The third-order valence-corrected chi connectivity index (χ3v) is 2.99. The first-order chi connectivity index (χ1) is 8.08. The van der Waals surface area contributed by atoms with Crippen LogP contribution in [0.2, 0.25) is 0 Å². The summed E-state index contributed by atoms with van der Waals surface area (Å²) in [6.45, 7) is 6.10. The zero-order valence-corrected chi connectivity index (χ0v) is 10.4. The second-order valence-electron chi connectivity index (χ2n) is 4.24. The van der Waals surface area contributed by atoms with Crippen molar-refractivity contribution in [2.75, 3.05) is 11.1 Å². The van der Waals surface area contributed by atoms with Crippen molar-refractivity contribution in [2.24, 2.45) is 0 Å². The van der Waals surface area contributed by atoms with Gasteiger partial charge in [0, 0.05) is 5.69 Å². The predicted molar refractivity (Wildman–Crippen MR) is 72.6 cm³/mol. The van der Waals surface area contributed by atoms with E-state index in [9.17, 15) is 0 Å². The molecule has 88 valence electrons. The summed E-state index contributed by atoms with van der Waals surface area (Å²) in [5.41, 5.74) is 10.9. The number of nitrogen functional groups attached to an aromatic ring is 1. The molecule has 0 fully saturated rings. The monoisotopic (exact) mass is 227 g/mol. The van der Waals surface area contributed by atoms with Crippen molar-refractivity contribution in [1.82, 2.24) is 4.98 Å². The normalized spacial score (nSPS) is 10.3. The van der Waals surface area contributed by atoms with Gasteiger partial charge in [0.15, 0.2) is 0 Å². The van der Waals surface area contributed by atoms with E-state index in [1.54, 1.807) is 0 Å². The molecule has 2 aromatic rings. The van der Waals surface area contributed by atoms with Gasteiger partial charge in [-0.05, 0) is 50.1 Å². The standard InChI is InChI=1S/C14H17N3/c1-9-5-4-6-13(10(9)2)17-14-8-7-12(15)11(3)16-14/h4-8H,15H2,1-3H3,(H,16,17). The molecule has 0 atom stereocenters. The lowest BCUT2D eigenvalue weighted by molar-refractivity contribution is 1.20. The highest BCUT2D eigenvalue weighted by Gasteiger charge is 2.03. The van der Waals surface area contributed by atoms with Crippen molar-refractivity contribution in [3.05, 3.63) is 47.2 Å². The molecule has 0 radical (unpaired) electrons. The van der Waals surface area contributed by atoms with Crippen LogP contribution in [0.3, 0.4) is 0 Å². The second kappa shape index (κ2) is 4.45. The lowest BCUT2D eigenvalue weighted by Crippen LogP contribution is -2.00. The molecule has 0 bridgehead atoms. The lowest BCUT2D eigenvalue weighted by atomic mass is 10.1. The topological polar surface area (TPSA) is 50.9 Å². The number of hydrogen-bond donors (Lipinski definition) is 2. The minimum atomic E-state index is 0.719. The van der Waals surface area contributed by atoms with Crippen molar-refractivity contribution >= 4 is 17.2 Å². The van der Waals surface area contributed by atoms with Gasteiger partial charge in [0.2, 0.25) is 0 Å². The first-order valence-electron chi connectivity index (χ1n) is 5.64. The number of aromatic nitrogens is 1. The molecule has 1 heterocycles. The van der Waals surface area contributed by atoms with Gasteiger partial charge in [-0.25, -0.2) is 4.98 Å². The zero-order chi connectivity index (χ0) is 12.4. The molecule has 0 saturated carbocycles. The first kappa shape index (κ1) is 11.5. The Kier molecular flexibility index (Phi) is 3.00. The minimum absolute atomic E-state index is 0.719. The molecule has 0 aliphatic heterocycles. The molecule has 0 unspecified atom stereocenters. The summed E-state index contributed by atoms with van der Waals surface area (Å²) in [7, 11) is 0. The van der Waals surface area contributed by atoms with Crippen LogP contribution < -0.4 is 11.1 Å². The number of nitrogens with one attached hydrogen (secondary N) is 1. The van der Waals surface area contributed by atoms with Crippen LogP contribution in [0.5, 0.6) is 0 Å². The Morgan fingerprint density at radius 1 is 1.06 bits per heavy atom. The Balaban J connectivity index is 2.31. The number of hydrogen-bond acceptors (Lipinski definition) is 3. The molecular weight excluding hydrogens is 210 g/mol. The maximum atomic E-state index is 5.75. The quantitative estimate of drug-likeness (QED) is 0.827. The van der Waals surface area contributed by atoms with Gasteiger partial charge < -0.3 is 11.1 Å². The van der Waals surface area contributed by atoms with E-state index in [2.05, 4.69) is 36.3 Å². The Morgan fingerprint density at radius 2 is 1.82 bits per heavy atom. The van der Waals surface area contributed by atoms with Crippen molar-refractivity contribution in [3.8, 4) is 0 Å². The van der Waals surface area contributed by atoms with Gasteiger partial charge in [0.05, 0.1) is 11.4 Å². The molecule has 0 aliphatic carbocycles. The zero-order valence-electron chi connectivity index (χ0n) is 10.4. The highest BCUT2D eigenvalue weighted by Crippen LogP contribution is 2.22.